The Hall–Kier alpha value is -2.78. The molecule has 2 rings (SSSR count). The van der Waals surface area contributed by atoms with Crippen LogP contribution >= 0.6 is 0 Å². The number of aryl methyl sites for hydroxylation is 2. The molecule has 0 spiro atoms. The summed E-state index contributed by atoms with van der Waals surface area (Å²) in [4.78, 5) is 0. The van der Waals surface area contributed by atoms with E-state index >= 15 is 0 Å². The van der Waals surface area contributed by atoms with Crippen molar-refractivity contribution < 1.29 is 4.74 Å². The van der Waals surface area contributed by atoms with Gasteiger partial charge in [0.15, 0.2) is 0 Å². The summed E-state index contributed by atoms with van der Waals surface area (Å²) in [5, 5.41) is 18.6. The molecule has 0 saturated heterocycles. The van der Waals surface area contributed by atoms with Crippen LogP contribution in [0.5, 0.6) is 5.75 Å². The van der Waals surface area contributed by atoms with Gasteiger partial charge in [-0.2, -0.15) is 10.5 Å². The van der Waals surface area contributed by atoms with Gasteiger partial charge in [0.1, 0.15) is 23.5 Å². The molecule has 2 aromatic carbocycles. The first-order valence-corrected chi connectivity index (χ1v) is 7.93. The van der Waals surface area contributed by atoms with Gasteiger partial charge < -0.3 is 4.74 Å². The molecule has 0 unspecified atom stereocenters. The van der Waals surface area contributed by atoms with E-state index in [1.165, 1.54) is 5.56 Å². The lowest BCUT2D eigenvalue weighted by molar-refractivity contribution is 0.305. The Morgan fingerprint density at radius 1 is 0.957 bits per heavy atom. The largest absolute Gasteiger partial charge is 0.492 e. The minimum absolute atomic E-state index is 0.356. The fraction of sp³-hybridized carbons (Fsp3) is 0.300. The average Bonchev–Trinajstić information content (AvgIpc) is 2.61. The van der Waals surface area contributed by atoms with E-state index in [0.29, 0.717) is 23.5 Å². The van der Waals surface area contributed by atoms with Crippen molar-refractivity contribution in [3.05, 3.63) is 64.7 Å². The molecule has 3 heteroatoms. The molecule has 0 aliphatic carbocycles. The first-order chi connectivity index (χ1) is 11.3. The number of unbranched alkanes of at least 4 members (excludes halogenated alkanes) is 1. The average molecular weight is 304 g/mol. The number of nitrogens with zero attached hydrogens (tertiary/aromatic N) is 2. The third kappa shape index (κ3) is 4.34. The number of nitriles is 2. The maximum Gasteiger partial charge on any atom is 0.141 e. The Morgan fingerprint density at radius 3 is 2.39 bits per heavy atom. The number of hydrogen-bond acceptors (Lipinski definition) is 3. The fourth-order valence-electron chi connectivity index (χ4n) is 2.43. The van der Waals surface area contributed by atoms with E-state index in [4.69, 9.17) is 4.74 Å². The Labute approximate surface area is 137 Å². The third-order valence-corrected chi connectivity index (χ3v) is 3.74. The van der Waals surface area contributed by atoms with Crippen LogP contribution in [0.4, 0.5) is 0 Å². The van der Waals surface area contributed by atoms with Crippen LogP contribution in [0.15, 0.2) is 42.5 Å². The van der Waals surface area contributed by atoms with Crippen molar-refractivity contribution in [3.63, 3.8) is 0 Å². The van der Waals surface area contributed by atoms with Gasteiger partial charge in [-0.25, -0.2) is 0 Å². The van der Waals surface area contributed by atoms with E-state index in [2.05, 4.69) is 31.2 Å². The topological polar surface area (TPSA) is 56.8 Å². The molecule has 0 atom stereocenters. The van der Waals surface area contributed by atoms with E-state index in [-0.39, 0.29) is 0 Å². The molecular weight excluding hydrogens is 284 g/mol. The van der Waals surface area contributed by atoms with E-state index in [0.717, 1.165) is 31.2 Å². The highest BCUT2D eigenvalue weighted by molar-refractivity contribution is 5.57. The van der Waals surface area contributed by atoms with Crippen molar-refractivity contribution in [2.75, 3.05) is 6.61 Å². The minimum atomic E-state index is 0.356. The van der Waals surface area contributed by atoms with Crippen molar-refractivity contribution >= 4 is 0 Å². The Balaban J connectivity index is 2.26. The van der Waals surface area contributed by atoms with Crippen molar-refractivity contribution in [2.24, 2.45) is 0 Å². The molecule has 0 amide bonds. The summed E-state index contributed by atoms with van der Waals surface area (Å²) in [7, 11) is 0. The first-order valence-electron chi connectivity index (χ1n) is 7.93. The van der Waals surface area contributed by atoms with Gasteiger partial charge in [0.2, 0.25) is 0 Å². The summed E-state index contributed by atoms with van der Waals surface area (Å²) >= 11 is 0. The molecule has 2 aromatic rings. The molecule has 116 valence electrons. The van der Waals surface area contributed by atoms with Gasteiger partial charge in [-0.15, -0.1) is 0 Å². The van der Waals surface area contributed by atoms with Gasteiger partial charge in [-0.05, 0) is 36.5 Å². The summed E-state index contributed by atoms with van der Waals surface area (Å²) < 4.78 is 5.86. The maximum atomic E-state index is 9.42. The lowest BCUT2D eigenvalue weighted by Crippen LogP contribution is -2.04. The first kappa shape index (κ1) is 16.6. The van der Waals surface area contributed by atoms with E-state index in [1.807, 2.05) is 24.3 Å². The summed E-state index contributed by atoms with van der Waals surface area (Å²) in [6.45, 7) is 2.66. The molecule has 0 N–H and O–H groups in total. The second-order valence-electron chi connectivity index (χ2n) is 5.39. The van der Waals surface area contributed by atoms with Crippen LogP contribution in [0.3, 0.4) is 0 Å². The monoisotopic (exact) mass is 304 g/mol. The number of ether oxygens (including phenoxy) is 1. The normalized spacial score (nSPS) is 9.87. The van der Waals surface area contributed by atoms with Gasteiger partial charge in [0.05, 0.1) is 12.2 Å². The number of benzene rings is 2. The van der Waals surface area contributed by atoms with Gasteiger partial charge in [0.25, 0.3) is 0 Å². The molecule has 0 fully saturated rings. The Bertz CT molecular complexity index is 724. The summed E-state index contributed by atoms with van der Waals surface area (Å²) in [6, 6.07) is 18.0. The van der Waals surface area contributed by atoms with Crippen molar-refractivity contribution in [2.45, 2.75) is 32.6 Å². The zero-order valence-corrected chi connectivity index (χ0v) is 13.4. The molecule has 0 aliphatic rings. The van der Waals surface area contributed by atoms with Crippen LogP contribution in [0, 0.1) is 22.7 Å². The van der Waals surface area contributed by atoms with Crippen LogP contribution < -0.4 is 4.74 Å². The Morgan fingerprint density at radius 2 is 1.74 bits per heavy atom. The minimum Gasteiger partial charge on any atom is -0.492 e. The molecular formula is C20H20N2O. The summed E-state index contributed by atoms with van der Waals surface area (Å²) in [5.41, 5.74) is 2.96. The molecule has 0 bridgehead atoms. The molecule has 0 aliphatic heterocycles. The highest BCUT2D eigenvalue weighted by Gasteiger charge is 2.14. The van der Waals surface area contributed by atoms with Crippen LogP contribution in [-0.2, 0) is 12.8 Å². The van der Waals surface area contributed by atoms with Crippen LogP contribution in [0.2, 0.25) is 0 Å². The number of hydrogen-bond donors (Lipinski definition) is 0. The highest BCUT2D eigenvalue weighted by atomic mass is 16.5. The third-order valence-electron chi connectivity index (χ3n) is 3.74. The molecule has 0 saturated carbocycles. The second-order valence-corrected chi connectivity index (χ2v) is 5.39. The molecule has 0 radical (unpaired) electrons. The molecule has 23 heavy (non-hydrogen) atoms. The SMILES string of the molecule is CCCCOc1c(CCc2ccccc2)ccc(C#N)c1C#N. The van der Waals surface area contributed by atoms with Gasteiger partial charge in [0, 0.05) is 0 Å². The lowest BCUT2D eigenvalue weighted by Gasteiger charge is -2.14. The van der Waals surface area contributed by atoms with Crippen LogP contribution in [0.1, 0.15) is 42.0 Å². The predicted molar refractivity (Wildman–Crippen MR) is 90.1 cm³/mol. The van der Waals surface area contributed by atoms with Crippen LogP contribution in [0.25, 0.3) is 0 Å². The van der Waals surface area contributed by atoms with Crippen LogP contribution in [-0.4, -0.2) is 6.61 Å². The van der Waals surface area contributed by atoms with E-state index in [9.17, 15) is 10.5 Å². The van der Waals surface area contributed by atoms with E-state index in [1.54, 1.807) is 6.07 Å². The van der Waals surface area contributed by atoms with Gasteiger partial charge in [-0.1, -0.05) is 49.7 Å². The quantitative estimate of drug-likeness (QED) is 0.713. The van der Waals surface area contributed by atoms with Crippen molar-refractivity contribution in [3.8, 4) is 17.9 Å². The van der Waals surface area contributed by atoms with Gasteiger partial charge >= 0.3 is 0 Å². The van der Waals surface area contributed by atoms with Crippen molar-refractivity contribution in [1.29, 1.82) is 10.5 Å². The summed E-state index contributed by atoms with van der Waals surface area (Å²) in [6.07, 6.45) is 3.62. The smallest absolute Gasteiger partial charge is 0.141 e. The zero-order valence-electron chi connectivity index (χ0n) is 13.4. The molecule has 0 aromatic heterocycles. The predicted octanol–water partition coefficient (Wildman–Crippen LogP) is 4.39. The fourth-order valence-corrected chi connectivity index (χ4v) is 2.43. The zero-order chi connectivity index (χ0) is 16.5. The van der Waals surface area contributed by atoms with E-state index < -0.39 is 0 Å². The Kier molecular flexibility index (Phi) is 6.21. The molecule has 0 heterocycles. The summed E-state index contributed by atoms with van der Waals surface area (Å²) in [5.74, 6) is 0.580. The lowest BCUT2D eigenvalue weighted by atomic mass is 9.98. The number of rotatable bonds is 7. The second kappa shape index (κ2) is 8.61. The molecule has 3 nitrogen and oxygen atoms in total. The standard InChI is InChI=1S/C20H20N2O/c1-2-3-13-23-20-17(10-9-16-7-5-4-6-8-16)11-12-18(14-21)19(20)15-22/h4-8,11-12H,2-3,9-10,13H2,1H3. The van der Waals surface area contributed by atoms with Crippen molar-refractivity contribution in [1.82, 2.24) is 0 Å². The van der Waals surface area contributed by atoms with Gasteiger partial charge in [-0.3, -0.25) is 0 Å². The highest BCUT2D eigenvalue weighted by Crippen LogP contribution is 2.28. The maximum absolute atomic E-state index is 9.42.